The van der Waals surface area contributed by atoms with Crippen molar-refractivity contribution in [2.24, 2.45) is 0 Å². The van der Waals surface area contributed by atoms with Gasteiger partial charge in [-0.1, -0.05) is 18.2 Å². The van der Waals surface area contributed by atoms with E-state index in [4.69, 9.17) is 5.11 Å². The molecule has 0 heterocycles. The van der Waals surface area contributed by atoms with Gasteiger partial charge in [-0.05, 0) is 12.1 Å². The van der Waals surface area contributed by atoms with Gasteiger partial charge < -0.3 is 9.94 Å². The molecule has 5 nitrogen and oxygen atoms in total. The molecule has 0 unspecified atom stereocenters. The minimum Gasteiger partial charge on any atom is -0.480 e. The van der Waals surface area contributed by atoms with Crippen LogP contribution in [0.5, 0.6) is 0 Å². The van der Waals surface area contributed by atoms with E-state index in [1.807, 2.05) is 0 Å². The van der Waals surface area contributed by atoms with Crippen molar-refractivity contribution in [3.05, 3.63) is 35.9 Å². The summed E-state index contributed by atoms with van der Waals surface area (Å²) in [7, 11) is 0. The van der Waals surface area contributed by atoms with Crippen LogP contribution in [0.4, 0.5) is 0 Å². The van der Waals surface area contributed by atoms with Gasteiger partial charge in [0.2, 0.25) is 0 Å². The number of nitrogens with one attached hydrogen (secondary N) is 1. The van der Waals surface area contributed by atoms with Crippen LogP contribution >= 0.6 is 12.6 Å². The smallest absolute Gasteiger partial charge is 0.356 e. The third-order valence-corrected chi connectivity index (χ3v) is 2.15. The average Bonchev–Trinajstić information content (AvgIpc) is 2.30. The van der Waals surface area contributed by atoms with Crippen LogP contribution in [0.2, 0.25) is 0 Å². The highest BCUT2D eigenvalue weighted by molar-refractivity contribution is 7.80. The zero-order valence-electron chi connectivity index (χ0n) is 8.29. The van der Waals surface area contributed by atoms with E-state index in [0.717, 1.165) is 0 Å². The molecule has 0 amide bonds. The maximum absolute atomic E-state index is 11.4. The Morgan fingerprint density at radius 2 is 2.00 bits per heavy atom. The molecule has 2 N–H and O–H groups in total. The van der Waals surface area contributed by atoms with E-state index in [-0.39, 0.29) is 5.75 Å². The molecule has 0 aliphatic heterocycles. The number of hydrogen-bond acceptors (Lipinski definition) is 5. The van der Waals surface area contributed by atoms with Crippen molar-refractivity contribution in [2.45, 2.75) is 6.04 Å². The molecule has 0 fully saturated rings. The van der Waals surface area contributed by atoms with Crippen LogP contribution in [0.15, 0.2) is 30.3 Å². The third kappa shape index (κ3) is 3.56. The largest absolute Gasteiger partial charge is 0.480 e. The van der Waals surface area contributed by atoms with E-state index in [0.29, 0.717) is 5.56 Å². The number of hydroxylamine groups is 1. The van der Waals surface area contributed by atoms with Gasteiger partial charge in [-0.25, -0.2) is 4.79 Å². The summed E-state index contributed by atoms with van der Waals surface area (Å²) in [6.45, 7) is 0. The lowest BCUT2D eigenvalue weighted by Gasteiger charge is -2.11. The van der Waals surface area contributed by atoms with Crippen LogP contribution in [0, 0.1) is 0 Å². The van der Waals surface area contributed by atoms with Crippen molar-refractivity contribution in [3.63, 3.8) is 0 Å². The van der Waals surface area contributed by atoms with Gasteiger partial charge in [-0.3, -0.25) is 4.79 Å². The lowest BCUT2D eigenvalue weighted by molar-refractivity contribution is -0.141. The van der Waals surface area contributed by atoms with Crippen LogP contribution in [0.1, 0.15) is 10.4 Å². The van der Waals surface area contributed by atoms with Crippen molar-refractivity contribution in [1.29, 1.82) is 0 Å². The summed E-state index contributed by atoms with van der Waals surface area (Å²) in [5.74, 6) is -1.73. The number of aliphatic carboxylic acids is 1. The fourth-order valence-electron chi connectivity index (χ4n) is 0.924. The molecule has 6 heteroatoms. The van der Waals surface area contributed by atoms with Crippen LogP contribution in [-0.2, 0) is 9.63 Å². The third-order valence-electron chi connectivity index (χ3n) is 1.78. The standard InChI is InChI=1S/C10H11NO4S/c12-9(13)8(6-16)11-15-10(14)7-4-2-1-3-5-7/h1-5,8,11,16H,6H2,(H,12,13)/t8-/m0/s1. The van der Waals surface area contributed by atoms with E-state index in [2.05, 4.69) is 22.9 Å². The Bertz CT molecular complexity index is 368. The molecule has 0 aliphatic carbocycles. The zero-order chi connectivity index (χ0) is 12.0. The molecular weight excluding hydrogens is 230 g/mol. The molecular formula is C10H11NO4S. The Labute approximate surface area is 97.8 Å². The van der Waals surface area contributed by atoms with Crippen molar-refractivity contribution in [2.75, 3.05) is 5.75 Å². The molecule has 0 aromatic heterocycles. The first kappa shape index (κ1) is 12.5. The zero-order valence-corrected chi connectivity index (χ0v) is 9.18. The number of carboxylic acid groups (broad SMARTS) is 1. The Balaban J connectivity index is 2.50. The van der Waals surface area contributed by atoms with Crippen molar-refractivity contribution in [3.8, 4) is 0 Å². The fourth-order valence-corrected chi connectivity index (χ4v) is 1.15. The summed E-state index contributed by atoms with van der Waals surface area (Å²) in [5.41, 5.74) is 2.49. The summed E-state index contributed by atoms with van der Waals surface area (Å²) < 4.78 is 0. The fraction of sp³-hybridized carbons (Fsp3) is 0.200. The second-order valence-electron chi connectivity index (χ2n) is 2.95. The number of rotatable bonds is 5. The number of hydrogen-bond donors (Lipinski definition) is 3. The van der Waals surface area contributed by atoms with E-state index in [1.54, 1.807) is 30.3 Å². The van der Waals surface area contributed by atoms with Gasteiger partial charge in [-0.2, -0.15) is 12.6 Å². The number of thiol groups is 1. The topological polar surface area (TPSA) is 75.6 Å². The maximum Gasteiger partial charge on any atom is 0.356 e. The SMILES string of the molecule is O=C(ON[C@@H](CS)C(=O)O)c1ccccc1. The molecule has 0 aliphatic rings. The van der Waals surface area contributed by atoms with Gasteiger partial charge in [-0.15, -0.1) is 5.48 Å². The van der Waals surface area contributed by atoms with Crippen molar-refractivity contribution < 1.29 is 19.5 Å². The molecule has 16 heavy (non-hydrogen) atoms. The van der Waals surface area contributed by atoms with Crippen molar-refractivity contribution in [1.82, 2.24) is 5.48 Å². The first-order valence-electron chi connectivity index (χ1n) is 4.50. The highest BCUT2D eigenvalue weighted by Gasteiger charge is 2.17. The van der Waals surface area contributed by atoms with Crippen LogP contribution in [0.25, 0.3) is 0 Å². The quantitative estimate of drug-likeness (QED) is 0.523. The number of carbonyl (C=O) groups is 2. The molecule has 0 radical (unpaired) electrons. The van der Waals surface area contributed by atoms with E-state index >= 15 is 0 Å². The number of carboxylic acids is 1. The molecule has 0 spiro atoms. The summed E-state index contributed by atoms with van der Waals surface area (Å²) in [6.07, 6.45) is 0. The van der Waals surface area contributed by atoms with Crippen LogP contribution < -0.4 is 5.48 Å². The Kier molecular flexibility index (Phi) is 4.81. The first-order valence-corrected chi connectivity index (χ1v) is 5.14. The predicted molar refractivity (Wildman–Crippen MR) is 60.3 cm³/mol. The minimum absolute atomic E-state index is 0.0252. The second-order valence-corrected chi connectivity index (χ2v) is 3.31. The molecule has 1 aromatic rings. The highest BCUT2D eigenvalue weighted by atomic mass is 32.1. The lowest BCUT2D eigenvalue weighted by Crippen LogP contribution is -2.39. The van der Waals surface area contributed by atoms with Gasteiger partial charge in [0.1, 0.15) is 6.04 Å². The summed E-state index contributed by atoms with van der Waals surface area (Å²) >= 11 is 3.81. The number of benzene rings is 1. The van der Waals surface area contributed by atoms with E-state index < -0.39 is 18.0 Å². The monoisotopic (exact) mass is 241 g/mol. The minimum atomic E-state index is -1.13. The summed E-state index contributed by atoms with van der Waals surface area (Å²) in [4.78, 5) is 26.6. The molecule has 86 valence electrons. The van der Waals surface area contributed by atoms with Crippen LogP contribution in [-0.4, -0.2) is 28.8 Å². The molecule has 1 aromatic carbocycles. The van der Waals surface area contributed by atoms with Crippen molar-refractivity contribution >= 4 is 24.6 Å². The van der Waals surface area contributed by atoms with Gasteiger partial charge in [0, 0.05) is 5.75 Å². The molecule has 0 saturated carbocycles. The van der Waals surface area contributed by atoms with E-state index in [1.165, 1.54) is 0 Å². The first-order chi connectivity index (χ1) is 7.65. The van der Waals surface area contributed by atoms with Gasteiger partial charge >= 0.3 is 11.9 Å². The van der Waals surface area contributed by atoms with Gasteiger partial charge in [0.05, 0.1) is 5.56 Å². The van der Waals surface area contributed by atoms with Crippen LogP contribution in [0.3, 0.4) is 0 Å². The Morgan fingerprint density at radius 3 is 2.50 bits per heavy atom. The molecule has 0 saturated heterocycles. The van der Waals surface area contributed by atoms with Gasteiger partial charge in [0.15, 0.2) is 0 Å². The van der Waals surface area contributed by atoms with Gasteiger partial charge in [0.25, 0.3) is 0 Å². The lowest BCUT2D eigenvalue weighted by atomic mass is 10.2. The summed E-state index contributed by atoms with van der Waals surface area (Å²) in [6, 6.07) is 7.25. The normalized spacial score (nSPS) is 11.8. The molecule has 0 bridgehead atoms. The second kappa shape index (κ2) is 6.14. The Morgan fingerprint density at radius 1 is 1.38 bits per heavy atom. The predicted octanol–water partition coefficient (Wildman–Crippen LogP) is 0.731. The van der Waals surface area contributed by atoms with E-state index in [9.17, 15) is 9.59 Å². The Hall–Kier alpha value is -1.53. The highest BCUT2D eigenvalue weighted by Crippen LogP contribution is 2.00. The molecule has 1 rings (SSSR count). The summed E-state index contributed by atoms with van der Waals surface area (Å²) in [5, 5.41) is 8.65. The maximum atomic E-state index is 11.4. The molecule has 1 atom stereocenters. The number of carbonyl (C=O) groups excluding carboxylic acids is 1. The average molecular weight is 241 g/mol.